The fraction of sp³-hybridized carbons (Fsp3) is 0.417. The third-order valence-electron chi connectivity index (χ3n) is 3.13. The first-order valence-corrected chi connectivity index (χ1v) is 7.60. The maximum absolute atomic E-state index is 11.9. The number of ether oxygens (including phenoxy) is 1. The minimum Gasteiger partial charge on any atom is -0.495 e. The van der Waals surface area contributed by atoms with E-state index in [2.05, 4.69) is 0 Å². The third-order valence-corrected chi connectivity index (χ3v) is 4.29. The molecule has 0 amide bonds. The van der Waals surface area contributed by atoms with Crippen molar-refractivity contribution in [2.24, 2.45) is 0 Å². The number of carbonyl (C=O) groups is 1. The summed E-state index contributed by atoms with van der Waals surface area (Å²) in [6.07, 6.45) is 2.68. The van der Waals surface area contributed by atoms with Gasteiger partial charge in [-0.25, -0.2) is 13.2 Å². The average molecular weight is 285 g/mol. The topological polar surface area (TPSA) is 107 Å². The summed E-state index contributed by atoms with van der Waals surface area (Å²) in [5.41, 5.74) is 6.14. The molecule has 0 aliphatic heterocycles. The number of hydrogen-bond donors (Lipinski definition) is 2. The number of methoxy groups -OCH3 is 1. The van der Waals surface area contributed by atoms with Crippen LogP contribution < -0.4 is 10.5 Å². The zero-order valence-electron chi connectivity index (χ0n) is 10.6. The van der Waals surface area contributed by atoms with Crippen LogP contribution in [0.3, 0.4) is 0 Å². The van der Waals surface area contributed by atoms with Gasteiger partial charge in [-0.05, 0) is 24.8 Å². The van der Waals surface area contributed by atoms with E-state index in [1.165, 1.54) is 13.2 Å². The Morgan fingerprint density at radius 1 is 1.47 bits per heavy atom. The zero-order valence-corrected chi connectivity index (χ0v) is 11.5. The molecule has 6 nitrogen and oxygen atoms in total. The molecule has 0 unspecified atom stereocenters. The van der Waals surface area contributed by atoms with E-state index in [0.717, 1.165) is 19.1 Å². The highest BCUT2D eigenvalue weighted by Crippen LogP contribution is 2.49. The summed E-state index contributed by atoms with van der Waals surface area (Å²) in [5.74, 6) is -1.16. The number of benzene rings is 1. The van der Waals surface area contributed by atoms with Gasteiger partial charge in [0.25, 0.3) is 0 Å². The number of aromatic carboxylic acids is 1. The molecule has 7 heteroatoms. The van der Waals surface area contributed by atoms with E-state index < -0.39 is 15.8 Å². The SMILES string of the molecule is COc1cc(C(=O)O)c(N)c(C2CC2)c1S(C)(=O)=O. The normalized spacial score (nSPS) is 15.3. The molecule has 2 rings (SSSR count). The van der Waals surface area contributed by atoms with E-state index in [0.29, 0.717) is 5.56 Å². The van der Waals surface area contributed by atoms with E-state index in [9.17, 15) is 13.2 Å². The van der Waals surface area contributed by atoms with Crippen molar-refractivity contribution in [1.82, 2.24) is 0 Å². The fourth-order valence-electron chi connectivity index (χ4n) is 2.16. The van der Waals surface area contributed by atoms with Crippen LogP contribution in [0.2, 0.25) is 0 Å². The molecule has 19 heavy (non-hydrogen) atoms. The van der Waals surface area contributed by atoms with E-state index in [1.807, 2.05) is 0 Å². The summed E-state index contributed by atoms with van der Waals surface area (Å²) in [7, 11) is -2.24. The molecule has 0 atom stereocenters. The Kier molecular flexibility index (Phi) is 3.17. The molecule has 1 aliphatic carbocycles. The predicted molar refractivity (Wildman–Crippen MR) is 69.5 cm³/mol. The maximum Gasteiger partial charge on any atom is 0.337 e. The van der Waals surface area contributed by atoms with Crippen LogP contribution in [-0.4, -0.2) is 32.9 Å². The quantitative estimate of drug-likeness (QED) is 0.806. The molecule has 1 aromatic carbocycles. The van der Waals surface area contributed by atoms with Crippen molar-refractivity contribution in [1.29, 1.82) is 0 Å². The molecule has 1 fully saturated rings. The van der Waals surface area contributed by atoms with Crippen LogP contribution in [0.25, 0.3) is 0 Å². The van der Waals surface area contributed by atoms with E-state index in [-0.39, 0.29) is 27.8 Å². The second kappa shape index (κ2) is 4.41. The highest BCUT2D eigenvalue weighted by molar-refractivity contribution is 7.90. The van der Waals surface area contributed by atoms with Crippen LogP contribution in [0.4, 0.5) is 5.69 Å². The van der Waals surface area contributed by atoms with Crippen LogP contribution in [0.15, 0.2) is 11.0 Å². The molecule has 0 bridgehead atoms. The summed E-state index contributed by atoms with van der Waals surface area (Å²) >= 11 is 0. The lowest BCUT2D eigenvalue weighted by Crippen LogP contribution is -2.12. The molecule has 1 aliphatic rings. The highest BCUT2D eigenvalue weighted by atomic mass is 32.2. The molecular weight excluding hydrogens is 270 g/mol. The number of hydrogen-bond acceptors (Lipinski definition) is 5. The molecule has 0 spiro atoms. The minimum absolute atomic E-state index is 0.00192. The van der Waals surface area contributed by atoms with Gasteiger partial charge in [0.15, 0.2) is 9.84 Å². The first-order chi connectivity index (χ1) is 8.77. The van der Waals surface area contributed by atoms with E-state index in [4.69, 9.17) is 15.6 Å². The van der Waals surface area contributed by atoms with Gasteiger partial charge in [-0.1, -0.05) is 0 Å². The van der Waals surface area contributed by atoms with Gasteiger partial charge >= 0.3 is 5.97 Å². The van der Waals surface area contributed by atoms with Crippen molar-refractivity contribution in [3.05, 3.63) is 17.2 Å². The monoisotopic (exact) mass is 285 g/mol. The van der Waals surface area contributed by atoms with Crippen molar-refractivity contribution in [2.75, 3.05) is 19.1 Å². The number of carboxylic acids is 1. The van der Waals surface area contributed by atoms with E-state index >= 15 is 0 Å². The number of anilines is 1. The standard InChI is InChI=1S/C12H15NO5S/c1-18-8-5-7(12(14)15)10(13)9(6-3-4-6)11(8)19(2,16)17/h5-6H,3-4,13H2,1-2H3,(H,14,15). The second-order valence-electron chi connectivity index (χ2n) is 4.63. The van der Waals surface area contributed by atoms with Crippen LogP contribution in [0.1, 0.15) is 34.7 Å². The van der Waals surface area contributed by atoms with Gasteiger partial charge < -0.3 is 15.6 Å². The van der Waals surface area contributed by atoms with Gasteiger partial charge in [0.05, 0.1) is 18.4 Å². The third kappa shape index (κ3) is 2.37. The molecule has 3 N–H and O–H groups in total. The first kappa shape index (κ1) is 13.7. The largest absolute Gasteiger partial charge is 0.495 e. The van der Waals surface area contributed by atoms with Crippen molar-refractivity contribution in [2.45, 2.75) is 23.7 Å². The van der Waals surface area contributed by atoms with Gasteiger partial charge in [0.1, 0.15) is 10.6 Å². The van der Waals surface area contributed by atoms with Crippen LogP contribution in [-0.2, 0) is 9.84 Å². The van der Waals surface area contributed by atoms with Crippen molar-refractivity contribution in [3.63, 3.8) is 0 Å². The Labute approximate surface area is 111 Å². The van der Waals surface area contributed by atoms with Crippen LogP contribution in [0.5, 0.6) is 5.75 Å². The number of carboxylic acid groups (broad SMARTS) is 1. The van der Waals surface area contributed by atoms with Gasteiger partial charge in [-0.15, -0.1) is 0 Å². The van der Waals surface area contributed by atoms with Gasteiger partial charge in [0.2, 0.25) is 0 Å². The van der Waals surface area contributed by atoms with Crippen LogP contribution in [0, 0.1) is 0 Å². The Morgan fingerprint density at radius 2 is 2.05 bits per heavy atom. The molecule has 1 aromatic rings. The summed E-state index contributed by atoms with van der Waals surface area (Å²) in [6, 6.07) is 1.17. The lowest BCUT2D eigenvalue weighted by atomic mass is 10.0. The number of rotatable bonds is 4. The molecule has 0 aromatic heterocycles. The van der Waals surface area contributed by atoms with Crippen LogP contribution >= 0.6 is 0 Å². The molecule has 1 saturated carbocycles. The number of nitrogen functional groups attached to an aromatic ring is 1. The van der Waals surface area contributed by atoms with Gasteiger partial charge in [-0.2, -0.15) is 0 Å². The number of nitrogens with two attached hydrogens (primary N) is 1. The second-order valence-corrected chi connectivity index (χ2v) is 6.59. The predicted octanol–water partition coefficient (Wildman–Crippen LogP) is 1.26. The fourth-order valence-corrected chi connectivity index (χ4v) is 3.35. The Hall–Kier alpha value is -1.76. The number of sulfone groups is 1. The minimum atomic E-state index is -3.54. The van der Waals surface area contributed by atoms with Crippen molar-refractivity contribution < 1.29 is 23.1 Å². The zero-order chi connectivity index (χ0) is 14.4. The highest BCUT2D eigenvalue weighted by Gasteiger charge is 2.35. The van der Waals surface area contributed by atoms with Crippen molar-refractivity contribution >= 4 is 21.5 Å². The van der Waals surface area contributed by atoms with Gasteiger partial charge in [0, 0.05) is 11.8 Å². The van der Waals surface area contributed by atoms with Crippen molar-refractivity contribution in [3.8, 4) is 5.75 Å². The Bertz CT molecular complexity index is 647. The molecule has 104 valence electrons. The maximum atomic E-state index is 11.9. The van der Waals surface area contributed by atoms with Gasteiger partial charge in [-0.3, -0.25) is 0 Å². The summed E-state index contributed by atoms with van der Waals surface area (Å²) < 4.78 is 28.9. The molecule has 0 radical (unpaired) electrons. The summed E-state index contributed by atoms with van der Waals surface area (Å²) in [6.45, 7) is 0. The molecular formula is C12H15NO5S. The smallest absolute Gasteiger partial charge is 0.337 e. The Balaban J connectivity index is 2.85. The lowest BCUT2D eigenvalue weighted by Gasteiger charge is -2.16. The average Bonchev–Trinajstić information content (AvgIpc) is 3.10. The van der Waals surface area contributed by atoms with E-state index in [1.54, 1.807) is 0 Å². The lowest BCUT2D eigenvalue weighted by molar-refractivity contribution is 0.0697. The Morgan fingerprint density at radius 3 is 2.42 bits per heavy atom. The first-order valence-electron chi connectivity index (χ1n) is 5.71. The molecule has 0 heterocycles. The summed E-state index contributed by atoms with van der Waals surface area (Å²) in [5, 5.41) is 9.12. The summed E-state index contributed by atoms with van der Waals surface area (Å²) in [4.78, 5) is 11.2. The molecule has 0 saturated heterocycles.